The molecule has 0 saturated carbocycles. The van der Waals surface area contributed by atoms with Crippen molar-refractivity contribution in [3.8, 4) is 0 Å². The summed E-state index contributed by atoms with van der Waals surface area (Å²) in [6.07, 6.45) is 63.3. The van der Waals surface area contributed by atoms with Gasteiger partial charge in [-0.1, -0.05) is 302 Å². The molecule has 0 amide bonds. The summed E-state index contributed by atoms with van der Waals surface area (Å²) in [5.74, 6) is -2.06. The van der Waals surface area contributed by atoms with Gasteiger partial charge in [0.2, 0.25) is 0 Å². The van der Waals surface area contributed by atoms with Crippen molar-refractivity contribution in [2.24, 2.45) is 5.92 Å². The molecule has 0 radical (unpaired) electrons. The molecule has 358 valence electrons. The van der Waals surface area contributed by atoms with Gasteiger partial charge in [0.1, 0.15) is 0 Å². The predicted octanol–water partition coefficient (Wildman–Crippen LogP) is 18.7. The van der Waals surface area contributed by atoms with Crippen LogP contribution in [0.15, 0.2) is 0 Å². The molecule has 5 nitrogen and oxygen atoms in total. The maximum Gasteiger partial charge on any atom is 0.309 e. The zero-order valence-electron chi connectivity index (χ0n) is 40.7. The largest absolute Gasteiger partial charge is 0.481 e. The normalized spacial score (nSPS) is 12.6. The average molecular weight is 849 g/mol. The number of aliphatic hydroxyl groups excluding tert-OH is 1. The quantitative estimate of drug-likeness (QED) is 0.0530. The van der Waals surface area contributed by atoms with Crippen LogP contribution >= 0.6 is 0 Å². The van der Waals surface area contributed by atoms with E-state index in [1.165, 1.54) is 263 Å². The van der Waals surface area contributed by atoms with Crippen LogP contribution in [0.2, 0.25) is 0 Å². The first-order chi connectivity index (χ1) is 29.5. The lowest BCUT2D eigenvalue weighted by Gasteiger charge is -2.19. The molecule has 0 aromatic carbocycles. The van der Waals surface area contributed by atoms with E-state index in [-0.39, 0.29) is 0 Å². The second kappa shape index (κ2) is 50.5. The molecule has 2 unspecified atom stereocenters. The van der Waals surface area contributed by atoms with Gasteiger partial charge < -0.3 is 15.3 Å². The fraction of sp³-hybridized carbons (Fsp3) is 0.964. The van der Waals surface area contributed by atoms with Crippen LogP contribution in [-0.2, 0) is 9.59 Å². The van der Waals surface area contributed by atoms with Crippen LogP contribution in [0, 0.1) is 5.92 Å². The predicted molar refractivity (Wildman–Crippen MR) is 261 cm³/mol. The number of carbonyl (C=O) groups is 2. The molecule has 0 spiro atoms. The number of rotatable bonds is 53. The van der Waals surface area contributed by atoms with Crippen LogP contribution in [0.1, 0.15) is 328 Å². The van der Waals surface area contributed by atoms with E-state index in [1.807, 2.05) is 0 Å². The number of aliphatic carboxylic acids is 2. The van der Waals surface area contributed by atoms with E-state index >= 15 is 0 Å². The lowest BCUT2D eigenvalue weighted by Crippen LogP contribution is -2.28. The summed E-state index contributed by atoms with van der Waals surface area (Å²) in [7, 11) is 0. The van der Waals surface area contributed by atoms with Gasteiger partial charge in [0.15, 0.2) is 0 Å². The molecule has 0 rings (SSSR count). The maximum absolute atomic E-state index is 11.9. The fourth-order valence-electron chi connectivity index (χ4n) is 9.35. The Morgan fingerprint density at radius 2 is 0.500 bits per heavy atom. The van der Waals surface area contributed by atoms with Crippen LogP contribution < -0.4 is 0 Å². The van der Waals surface area contributed by atoms with Gasteiger partial charge >= 0.3 is 11.9 Å². The summed E-state index contributed by atoms with van der Waals surface area (Å²) < 4.78 is 0. The molecule has 2 atom stereocenters. The zero-order valence-corrected chi connectivity index (χ0v) is 40.7. The molecule has 0 aromatic heterocycles. The van der Waals surface area contributed by atoms with E-state index in [0.29, 0.717) is 19.3 Å². The van der Waals surface area contributed by atoms with Crippen molar-refractivity contribution in [2.45, 2.75) is 334 Å². The highest BCUT2D eigenvalue weighted by Crippen LogP contribution is 2.22. The number of hydrogen-bond acceptors (Lipinski definition) is 3. The second-order valence-corrected chi connectivity index (χ2v) is 19.5. The Morgan fingerprint density at radius 3 is 0.717 bits per heavy atom. The zero-order chi connectivity index (χ0) is 43.7. The molecule has 60 heavy (non-hydrogen) atoms. The van der Waals surface area contributed by atoms with E-state index < -0.39 is 24.0 Å². The minimum atomic E-state index is -0.809. The van der Waals surface area contributed by atoms with Gasteiger partial charge in [-0.25, -0.2) is 0 Å². The van der Waals surface area contributed by atoms with E-state index in [1.54, 1.807) is 0 Å². The highest BCUT2D eigenvalue weighted by atomic mass is 16.4. The summed E-state index contributed by atoms with van der Waals surface area (Å²) in [6.45, 7) is 2.29. The van der Waals surface area contributed by atoms with Gasteiger partial charge in [0, 0.05) is 6.42 Å². The van der Waals surface area contributed by atoms with E-state index in [9.17, 15) is 19.8 Å². The lowest BCUT2D eigenvalue weighted by molar-refractivity contribution is -0.146. The SMILES string of the molecule is CCCCCCCCCCCCCCCCCCCCCCCCC(C(=O)O)C(O)CCCCCCCCCCCCCCCCCCCCCCCCCCCC(=O)O. The molecule has 0 bridgehead atoms. The van der Waals surface area contributed by atoms with Crippen LogP contribution in [0.3, 0.4) is 0 Å². The molecule has 0 fully saturated rings. The third-order valence-electron chi connectivity index (χ3n) is 13.5. The fourth-order valence-corrected chi connectivity index (χ4v) is 9.35. The topological polar surface area (TPSA) is 94.8 Å². The van der Waals surface area contributed by atoms with Crippen LogP contribution in [0.4, 0.5) is 0 Å². The number of aliphatic hydroxyl groups is 1. The number of carboxylic acids is 2. The molecule has 0 heterocycles. The van der Waals surface area contributed by atoms with Crippen LogP contribution in [-0.4, -0.2) is 33.4 Å². The summed E-state index contributed by atoms with van der Waals surface area (Å²) in [5.41, 5.74) is 0. The molecule has 5 heteroatoms. The standard InChI is InChI=1S/C55H108O5/c1-2-3-4-5-6-7-8-9-10-11-12-13-19-22-25-28-31-34-37-40-43-46-49-52(55(59)60)53(56)50-47-44-41-38-35-32-29-26-23-20-17-15-14-16-18-21-24-27-30-33-36-39-42-45-48-51-54(57)58/h52-53,56H,2-51H2,1H3,(H,57,58)(H,59,60). The first kappa shape index (κ1) is 58.9. The second-order valence-electron chi connectivity index (χ2n) is 19.5. The molecular formula is C55H108O5. The third-order valence-corrected chi connectivity index (χ3v) is 13.5. The third kappa shape index (κ3) is 47.9. The molecular weight excluding hydrogens is 741 g/mol. The average Bonchev–Trinajstić information content (AvgIpc) is 3.23. The Balaban J connectivity index is 3.40. The molecule has 0 aliphatic heterocycles. The molecule has 0 aliphatic rings. The Bertz CT molecular complexity index is 845. The van der Waals surface area contributed by atoms with Gasteiger partial charge in [-0.05, 0) is 19.3 Å². The van der Waals surface area contributed by atoms with Crippen molar-refractivity contribution in [3.05, 3.63) is 0 Å². The van der Waals surface area contributed by atoms with E-state index in [0.717, 1.165) is 38.5 Å². The summed E-state index contributed by atoms with van der Waals surface area (Å²) in [6, 6.07) is 0. The summed E-state index contributed by atoms with van der Waals surface area (Å²) in [5, 5.41) is 29.1. The Hall–Kier alpha value is -1.10. The summed E-state index contributed by atoms with van der Waals surface area (Å²) in [4.78, 5) is 22.4. The van der Waals surface area contributed by atoms with E-state index in [2.05, 4.69) is 6.92 Å². The van der Waals surface area contributed by atoms with Gasteiger partial charge in [0.25, 0.3) is 0 Å². The highest BCUT2D eigenvalue weighted by Gasteiger charge is 2.25. The van der Waals surface area contributed by atoms with Crippen molar-refractivity contribution in [3.63, 3.8) is 0 Å². The van der Waals surface area contributed by atoms with Gasteiger partial charge in [0.05, 0.1) is 12.0 Å². The first-order valence-electron chi connectivity index (χ1n) is 27.6. The molecule has 0 saturated heterocycles. The Labute approximate surface area is 375 Å². The number of carboxylic acid groups (broad SMARTS) is 2. The minimum absolute atomic E-state index is 0.332. The smallest absolute Gasteiger partial charge is 0.309 e. The van der Waals surface area contributed by atoms with Crippen molar-refractivity contribution in [2.75, 3.05) is 0 Å². The minimum Gasteiger partial charge on any atom is -0.481 e. The van der Waals surface area contributed by atoms with Gasteiger partial charge in [-0.3, -0.25) is 9.59 Å². The van der Waals surface area contributed by atoms with Crippen LogP contribution in [0.5, 0.6) is 0 Å². The number of hydrogen-bond donors (Lipinski definition) is 3. The van der Waals surface area contributed by atoms with Crippen molar-refractivity contribution in [1.29, 1.82) is 0 Å². The monoisotopic (exact) mass is 849 g/mol. The highest BCUT2D eigenvalue weighted by molar-refractivity contribution is 5.70. The van der Waals surface area contributed by atoms with Crippen LogP contribution in [0.25, 0.3) is 0 Å². The lowest BCUT2D eigenvalue weighted by atomic mass is 9.91. The Morgan fingerprint density at radius 1 is 0.300 bits per heavy atom. The molecule has 0 aliphatic carbocycles. The van der Waals surface area contributed by atoms with Crippen molar-refractivity contribution < 1.29 is 24.9 Å². The molecule has 0 aromatic rings. The van der Waals surface area contributed by atoms with Gasteiger partial charge in [-0.2, -0.15) is 0 Å². The van der Waals surface area contributed by atoms with Crippen molar-refractivity contribution >= 4 is 11.9 Å². The first-order valence-corrected chi connectivity index (χ1v) is 27.6. The maximum atomic E-state index is 11.9. The summed E-state index contributed by atoms with van der Waals surface area (Å²) >= 11 is 0. The van der Waals surface area contributed by atoms with E-state index in [4.69, 9.17) is 5.11 Å². The Kier molecular flexibility index (Phi) is 49.6. The number of unbranched alkanes of at least 4 members (excludes halogenated alkanes) is 45. The van der Waals surface area contributed by atoms with Gasteiger partial charge in [-0.15, -0.1) is 0 Å². The van der Waals surface area contributed by atoms with Crippen molar-refractivity contribution in [1.82, 2.24) is 0 Å². The molecule has 3 N–H and O–H groups in total.